The van der Waals surface area contributed by atoms with Crippen LogP contribution in [-0.2, 0) is 4.79 Å². The van der Waals surface area contributed by atoms with Gasteiger partial charge in [-0.3, -0.25) is 4.79 Å². The second kappa shape index (κ2) is 6.71. The van der Waals surface area contributed by atoms with Gasteiger partial charge in [-0.05, 0) is 37.3 Å². The predicted molar refractivity (Wildman–Crippen MR) is 106 cm³/mol. The minimum atomic E-state index is -0.0277. The Labute approximate surface area is 160 Å². The van der Waals surface area contributed by atoms with Crippen LogP contribution >= 0.6 is 35.1 Å². The fraction of sp³-hybridized carbons (Fsp3) is 0.263. The SMILES string of the molecule is CC(=O)N1N=C2c3cc(Cl)ccc3SC[C@@H]2[C@@H]1Sc1ccc(C)cc1. The van der Waals surface area contributed by atoms with E-state index < -0.39 is 0 Å². The molecule has 128 valence electrons. The molecular formula is C19H17ClN2OS2. The van der Waals surface area contributed by atoms with Crippen LogP contribution in [0.3, 0.4) is 0 Å². The summed E-state index contributed by atoms with van der Waals surface area (Å²) in [5.41, 5.74) is 3.27. The van der Waals surface area contributed by atoms with Gasteiger partial charge >= 0.3 is 0 Å². The van der Waals surface area contributed by atoms with Crippen molar-refractivity contribution < 1.29 is 4.79 Å². The molecule has 0 N–H and O–H groups in total. The van der Waals surface area contributed by atoms with Crippen molar-refractivity contribution in [1.29, 1.82) is 0 Å². The zero-order chi connectivity index (χ0) is 17.6. The molecule has 0 aromatic heterocycles. The Morgan fingerprint density at radius 1 is 1.28 bits per heavy atom. The molecule has 6 heteroatoms. The summed E-state index contributed by atoms with van der Waals surface area (Å²) in [6.45, 7) is 3.65. The van der Waals surface area contributed by atoms with Crippen molar-refractivity contribution in [2.24, 2.45) is 11.0 Å². The van der Waals surface area contributed by atoms with Gasteiger partial charge in [0.15, 0.2) is 0 Å². The van der Waals surface area contributed by atoms with E-state index in [-0.39, 0.29) is 17.2 Å². The second-order valence-electron chi connectivity index (χ2n) is 6.23. The zero-order valence-electron chi connectivity index (χ0n) is 13.9. The predicted octanol–water partition coefficient (Wildman–Crippen LogP) is 5.05. The molecule has 2 aliphatic heterocycles. The lowest BCUT2D eigenvalue weighted by atomic mass is 9.98. The van der Waals surface area contributed by atoms with Crippen molar-refractivity contribution in [2.45, 2.75) is 29.0 Å². The highest BCUT2D eigenvalue weighted by Crippen LogP contribution is 2.45. The first-order valence-electron chi connectivity index (χ1n) is 8.07. The molecule has 1 amide bonds. The van der Waals surface area contributed by atoms with Crippen LogP contribution in [0.15, 0.2) is 57.4 Å². The molecule has 0 saturated carbocycles. The van der Waals surface area contributed by atoms with Crippen molar-refractivity contribution in [3.05, 3.63) is 58.6 Å². The van der Waals surface area contributed by atoms with Gasteiger partial charge < -0.3 is 0 Å². The lowest BCUT2D eigenvalue weighted by Gasteiger charge is -2.28. The topological polar surface area (TPSA) is 32.7 Å². The molecule has 0 spiro atoms. The van der Waals surface area contributed by atoms with Crippen LogP contribution in [0.1, 0.15) is 18.1 Å². The number of halogens is 1. The third kappa shape index (κ3) is 3.21. The zero-order valence-corrected chi connectivity index (χ0v) is 16.3. The molecule has 0 radical (unpaired) electrons. The van der Waals surface area contributed by atoms with E-state index in [0.29, 0.717) is 5.02 Å². The number of benzene rings is 2. The lowest BCUT2D eigenvalue weighted by molar-refractivity contribution is -0.129. The molecule has 0 aliphatic carbocycles. The smallest absolute Gasteiger partial charge is 0.240 e. The third-order valence-electron chi connectivity index (χ3n) is 4.39. The molecule has 2 aromatic rings. The molecule has 0 bridgehead atoms. The highest BCUT2D eigenvalue weighted by molar-refractivity contribution is 8.00. The summed E-state index contributed by atoms with van der Waals surface area (Å²) in [5, 5.41) is 7.02. The fourth-order valence-corrected chi connectivity index (χ4v) is 5.85. The maximum absolute atomic E-state index is 12.2. The molecule has 0 unspecified atom stereocenters. The molecule has 2 heterocycles. The largest absolute Gasteiger partial charge is 0.273 e. The monoisotopic (exact) mass is 388 g/mol. The first-order valence-corrected chi connectivity index (χ1v) is 10.3. The van der Waals surface area contributed by atoms with Crippen LogP contribution in [-0.4, -0.2) is 27.8 Å². The minimum absolute atomic E-state index is 0.0187. The van der Waals surface area contributed by atoms with Gasteiger partial charge in [0.1, 0.15) is 5.37 Å². The highest BCUT2D eigenvalue weighted by Gasteiger charge is 2.43. The van der Waals surface area contributed by atoms with Gasteiger partial charge in [0.2, 0.25) is 5.91 Å². The molecule has 4 rings (SSSR count). The number of hydrogen-bond donors (Lipinski definition) is 0. The van der Waals surface area contributed by atoms with Gasteiger partial charge in [0.25, 0.3) is 0 Å². The number of aryl methyl sites for hydroxylation is 1. The highest BCUT2D eigenvalue weighted by atomic mass is 35.5. The number of amides is 1. The summed E-state index contributed by atoms with van der Waals surface area (Å²) in [6.07, 6.45) is 0. The molecule has 0 saturated heterocycles. The van der Waals surface area contributed by atoms with Crippen molar-refractivity contribution in [1.82, 2.24) is 5.01 Å². The summed E-state index contributed by atoms with van der Waals surface area (Å²) in [7, 11) is 0. The molecule has 3 nitrogen and oxygen atoms in total. The van der Waals surface area contributed by atoms with Crippen LogP contribution in [0, 0.1) is 12.8 Å². The summed E-state index contributed by atoms with van der Waals surface area (Å²) in [6, 6.07) is 14.3. The minimum Gasteiger partial charge on any atom is -0.273 e. The van der Waals surface area contributed by atoms with E-state index in [2.05, 4.69) is 31.2 Å². The fourth-order valence-electron chi connectivity index (χ4n) is 3.11. The Kier molecular flexibility index (Phi) is 4.56. The summed E-state index contributed by atoms with van der Waals surface area (Å²) in [5.74, 6) is 1.09. The summed E-state index contributed by atoms with van der Waals surface area (Å²) < 4.78 is 0. The van der Waals surface area contributed by atoms with E-state index in [1.54, 1.807) is 23.7 Å². The first kappa shape index (κ1) is 17.0. The van der Waals surface area contributed by atoms with Crippen molar-refractivity contribution in [3.63, 3.8) is 0 Å². The van der Waals surface area contributed by atoms with Crippen LogP contribution < -0.4 is 0 Å². The number of fused-ring (bicyclic) bond motifs is 3. The molecular weight excluding hydrogens is 372 g/mol. The Hall–Kier alpha value is -1.43. The lowest BCUT2D eigenvalue weighted by Crippen LogP contribution is -2.35. The maximum Gasteiger partial charge on any atom is 0.240 e. The van der Waals surface area contributed by atoms with E-state index in [4.69, 9.17) is 16.7 Å². The van der Waals surface area contributed by atoms with E-state index in [1.807, 2.05) is 30.0 Å². The van der Waals surface area contributed by atoms with E-state index in [0.717, 1.165) is 21.9 Å². The number of carbonyl (C=O) groups is 1. The van der Waals surface area contributed by atoms with Gasteiger partial charge in [-0.25, -0.2) is 5.01 Å². The van der Waals surface area contributed by atoms with Gasteiger partial charge in [0, 0.05) is 39.0 Å². The third-order valence-corrected chi connectivity index (χ3v) is 7.13. The van der Waals surface area contributed by atoms with Crippen molar-refractivity contribution in [2.75, 3.05) is 5.75 Å². The van der Waals surface area contributed by atoms with E-state index in [9.17, 15) is 4.79 Å². The standard InChI is InChI=1S/C19H17ClN2OS2/c1-11-3-6-14(7-4-11)25-19-16-10-24-17-8-5-13(20)9-15(17)18(16)21-22(19)12(2)23/h3-9,16,19H,10H2,1-2H3/t16-,19-/m0/s1. The second-order valence-corrected chi connectivity index (χ2v) is 8.92. The van der Waals surface area contributed by atoms with Gasteiger partial charge in [0.05, 0.1) is 5.71 Å². The van der Waals surface area contributed by atoms with Crippen LogP contribution in [0.2, 0.25) is 5.02 Å². The quantitative estimate of drug-likeness (QED) is 0.721. The Bertz CT molecular complexity index is 866. The van der Waals surface area contributed by atoms with E-state index >= 15 is 0 Å². The Morgan fingerprint density at radius 2 is 2.04 bits per heavy atom. The summed E-state index contributed by atoms with van der Waals surface area (Å²) in [4.78, 5) is 14.5. The number of nitrogens with zero attached hydrogens (tertiary/aromatic N) is 2. The van der Waals surface area contributed by atoms with Crippen LogP contribution in [0.5, 0.6) is 0 Å². The van der Waals surface area contributed by atoms with Gasteiger partial charge in [-0.2, -0.15) is 5.10 Å². The first-order chi connectivity index (χ1) is 12.0. The average molecular weight is 389 g/mol. The maximum atomic E-state index is 12.2. The number of rotatable bonds is 2. The van der Waals surface area contributed by atoms with Crippen molar-refractivity contribution in [3.8, 4) is 0 Å². The molecule has 0 fully saturated rings. The average Bonchev–Trinajstić information content (AvgIpc) is 2.96. The molecule has 25 heavy (non-hydrogen) atoms. The van der Waals surface area contributed by atoms with Crippen LogP contribution in [0.4, 0.5) is 0 Å². The number of carbonyl (C=O) groups excluding carboxylic acids is 1. The number of hydrogen-bond acceptors (Lipinski definition) is 4. The van der Waals surface area contributed by atoms with Crippen molar-refractivity contribution >= 4 is 46.7 Å². The van der Waals surface area contributed by atoms with E-state index in [1.165, 1.54) is 10.5 Å². The van der Waals surface area contributed by atoms with Gasteiger partial charge in [-0.15, -0.1) is 11.8 Å². The summed E-state index contributed by atoms with van der Waals surface area (Å²) >= 11 is 9.72. The Balaban J connectivity index is 1.70. The Morgan fingerprint density at radius 3 is 2.76 bits per heavy atom. The van der Waals surface area contributed by atoms with Gasteiger partial charge in [-0.1, -0.05) is 41.1 Å². The van der Waals surface area contributed by atoms with Crippen LogP contribution in [0.25, 0.3) is 0 Å². The molecule has 2 aliphatic rings. The normalized spacial score (nSPS) is 21.6. The number of thioether (sulfide) groups is 2. The molecule has 2 aromatic carbocycles. The molecule has 2 atom stereocenters. The number of hydrazone groups is 1.